The highest BCUT2D eigenvalue weighted by Gasteiger charge is 2.40. The van der Waals surface area contributed by atoms with Crippen molar-refractivity contribution in [3.8, 4) is 0 Å². The third kappa shape index (κ3) is 3.56. The molecule has 26 heavy (non-hydrogen) atoms. The molecule has 2 heterocycles. The minimum absolute atomic E-state index is 0.0731. The summed E-state index contributed by atoms with van der Waals surface area (Å²) >= 11 is 0. The fourth-order valence-electron chi connectivity index (χ4n) is 4.35. The lowest BCUT2D eigenvalue weighted by molar-refractivity contribution is -0.0618. The zero-order valence-corrected chi connectivity index (χ0v) is 15.0. The van der Waals surface area contributed by atoms with Crippen LogP contribution in [0.15, 0.2) is 24.3 Å². The van der Waals surface area contributed by atoms with Crippen LogP contribution in [0.1, 0.15) is 55.3 Å². The van der Waals surface area contributed by atoms with E-state index in [9.17, 15) is 9.59 Å². The zero-order chi connectivity index (χ0) is 18.0. The third-order valence-corrected chi connectivity index (χ3v) is 5.77. The Morgan fingerprint density at radius 3 is 2.85 bits per heavy atom. The first-order chi connectivity index (χ1) is 12.7. The van der Waals surface area contributed by atoms with E-state index in [4.69, 9.17) is 9.47 Å². The van der Waals surface area contributed by atoms with Gasteiger partial charge in [-0.1, -0.05) is 25.3 Å². The average molecular weight is 358 g/mol. The summed E-state index contributed by atoms with van der Waals surface area (Å²) in [7, 11) is 0. The van der Waals surface area contributed by atoms with Crippen LogP contribution in [0.25, 0.3) is 0 Å². The van der Waals surface area contributed by atoms with Crippen LogP contribution in [0.2, 0.25) is 0 Å². The van der Waals surface area contributed by atoms with E-state index in [-0.39, 0.29) is 23.7 Å². The molecule has 3 fully saturated rings. The van der Waals surface area contributed by atoms with Crippen LogP contribution < -0.4 is 10.2 Å². The highest BCUT2D eigenvalue weighted by molar-refractivity contribution is 5.97. The first kappa shape index (κ1) is 17.3. The summed E-state index contributed by atoms with van der Waals surface area (Å²) in [5.41, 5.74) is 1.31. The van der Waals surface area contributed by atoms with E-state index in [1.165, 1.54) is 19.3 Å². The van der Waals surface area contributed by atoms with Crippen molar-refractivity contribution in [2.75, 3.05) is 24.6 Å². The van der Waals surface area contributed by atoms with E-state index in [0.717, 1.165) is 25.7 Å². The van der Waals surface area contributed by atoms with Crippen LogP contribution in [0, 0.1) is 0 Å². The van der Waals surface area contributed by atoms with Gasteiger partial charge in [-0.3, -0.25) is 9.69 Å². The number of rotatable bonds is 4. The summed E-state index contributed by atoms with van der Waals surface area (Å²) in [5, 5.41) is 2.99. The van der Waals surface area contributed by atoms with Gasteiger partial charge in [-0.15, -0.1) is 0 Å². The Hall–Kier alpha value is -2.08. The molecule has 2 amide bonds. The molecule has 6 heteroatoms. The SMILES string of the molecule is O=C(NC[C@@H]1CCC2(CCCCC2)O1)c1cccc(N2CCOC2=O)c1. The molecule has 2 aliphatic heterocycles. The van der Waals surface area contributed by atoms with Crippen LogP contribution in [-0.2, 0) is 9.47 Å². The predicted molar refractivity (Wildman–Crippen MR) is 97.4 cm³/mol. The number of cyclic esters (lactones) is 1. The minimum atomic E-state index is -0.361. The standard InChI is InChI=1S/C20H26N2O4/c23-18(15-5-4-6-16(13-15)22-11-12-25-19(22)24)21-14-17-7-10-20(26-17)8-2-1-3-9-20/h4-6,13,17H,1-3,7-12,14H2,(H,21,23)/t17-/m0/s1. The smallest absolute Gasteiger partial charge is 0.414 e. The van der Waals surface area contributed by atoms with Gasteiger partial charge in [-0.05, 0) is 43.9 Å². The monoisotopic (exact) mass is 358 g/mol. The summed E-state index contributed by atoms with van der Waals surface area (Å²) < 4.78 is 11.3. The van der Waals surface area contributed by atoms with Gasteiger partial charge in [0, 0.05) is 17.8 Å². The molecule has 1 atom stereocenters. The summed E-state index contributed by atoms with van der Waals surface area (Å²) in [4.78, 5) is 25.8. The van der Waals surface area contributed by atoms with Crippen LogP contribution in [0.4, 0.5) is 10.5 Å². The number of benzene rings is 1. The Balaban J connectivity index is 1.33. The molecule has 1 aromatic carbocycles. The van der Waals surface area contributed by atoms with Crippen molar-refractivity contribution < 1.29 is 19.1 Å². The molecule has 6 nitrogen and oxygen atoms in total. The number of ether oxygens (including phenoxy) is 2. The fraction of sp³-hybridized carbons (Fsp3) is 0.600. The summed E-state index contributed by atoms with van der Waals surface area (Å²) in [6.07, 6.45) is 8.01. The molecule has 1 N–H and O–H groups in total. The first-order valence-corrected chi connectivity index (χ1v) is 9.66. The lowest BCUT2D eigenvalue weighted by Gasteiger charge is -2.33. The Labute approximate surface area is 153 Å². The van der Waals surface area contributed by atoms with Crippen molar-refractivity contribution in [2.45, 2.75) is 56.7 Å². The van der Waals surface area contributed by atoms with Gasteiger partial charge in [0.25, 0.3) is 5.91 Å². The molecular weight excluding hydrogens is 332 g/mol. The minimum Gasteiger partial charge on any atom is -0.447 e. The lowest BCUT2D eigenvalue weighted by Crippen LogP contribution is -2.36. The number of carbonyl (C=O) groups is 2. The maximum Gasteiger partial charge on any atom is 0.414 e. The molecule has 1 spiro atoms. The topological polar surface area (TPSA) is 67.9 Å². The van der Waals surface area contributed by atoms with Gasteiger partial charge >= 0.3 is 6.09 Å². The summed E-state index contributed by atoms with van der Waals surface area (Å²) in [6, 6.07) is 7.10. The molecule has 1 saturated carbocycles. The second kappa shape index (κ2) is 7.27. The second-order valence-electron chi connectivity index (χ2n) is 7.55. The molecule has 1 aliphatic carbocycles. The quantitative estimate of drug-likeness (QED) is 0.897. The van der Waals surface area contributed by atoms with Crippen LogP contribution in [0.3, 0.4) is 0 Å². The fourth-order valence-corrected chi connectivity index (χ4v) is 4.35. The molecule has 1 aromatic rings. The van der Waals surface area contributed by atoms with E-state index < -0.39 is 0 Å². The van der Waals surface area contributed by atoms with Gasteiger partial charge < -0.3 is 14.8 Å². The largest absolute Gasteiger partial charge is 0.447 e. The third-order valence-electron chi connectivity index (χ3n) is 5.77. The van der Waals surface area contributed by atoms with Gasteiger partial charge in [0.15, 0.2) is 0 Å². The van der Waals surface area contributed by atoms with Crippen molar-refractivity contribution >= 4 is 17.7 Å². The van der Waals surface area contributed by atoms with Crippen molar-refractivity contribution in [2.24, 2.45) is 0 Å². The van der Waals surface area contributed by atoms with Crippen molar-refractivity contribution in [1.82, 2.24) is 5.32 Å². The number of hydrogen-bond acceptors (Lipinski definition) is 4. The van der Waals surface area contributed by atoms with E-state index in [1.807, 2.05) is 6.07 Å². The maximum atomic E-state index is 12.5. The molecule has 2 saturated heterocycles. The second-order valence-corrected chi connectivity index (χ2v) is 7.55. The van der Waals surface area contributed by atoms with Gasteiger partial charge in [0.1, 0.15) is 6.61 Å². The van der Waals surface area contributed by atoms with Gasteiger partial charge in [0.05, 0.1) is 18.2 Å². The van der Waals surface area contributed by atoms with Crippen LogP contribution >= 0.6 is 0 Å². The number of hydrogen-bond donors (Lipinski definition) is 1. The normalized spacial score (nSPS) is 24.7. The highest BCUT2D eigenvalue weighted by Crippen LogP contribution is 2.41. The maximum absolute atomic E-state index is 12.5. The molecule has 0 unspecified atom stereocenters. The van der Waals surface area contributed by atoms with Crippen molar-refractivity contribution in [3.05, 3.63) is 29.8 Å². The molecule has 0 radical (unpaired) electrons. The van der Waals surface area contributed by atoms with E-state index in [2.05, 4.69) is 5.32 Å². The van der Waals surface area contributed by atoms with E-state index >= 15 is 0 Å². The predicted octanol–water partition coefficient (Wildman–Crippen LogP) is 3.25. The van der Waals surface area contributed by atoms with Gasteiger partial charge in [0.2, 0.25) is 0 Å². The zero-order valence-electron chi connectivity index (χ0n) is 15.0. The van der Waals surface area contributed by atoms with Crippen LogP contribution in [-0.4, -0.2) is 43.4 Å². The molecule has 0 aromatic heterocycles. The summed E-state index contributed by atoms with van der Waals surface area (Å²) in [5.74, 6) is -0.132. The Morgan fingerprint density at radius 1 is 1.23 bits per heavy atom. The molecule has 0 bridgehead atoms. The Bertz CT molecular complexity index is 684. The lowest BCUT2D eigenvalue weighted by atomic mass is 9.83. The van der Waals surface area contributed by atoms with E-state index in [0.29, 0.717) is 30.9 Å². The molecule has 4 rings (SSSR count). The highest BCUT2D eigenvalue weighted by atomic mass is 16.6. The van der Waals surface area contributed by atoms with Gasteiger partial charge in [-0.2, -0.15) is 0 Å². The molecule has 3 aliphatic rings. The summed E-state index contributed by atoms with van der Waals surface area (Å²) in [6.45, 7) is 1.44. The van der Waals surface area contributed by atoms with Crippen molar-refractivity contribution in [3.63, 3.8) is 0 Å². The van der Waals surface area contributed by atoms with Crippen molar-refractivity contribution in [1.29, 1.82) is 0 Å². The Morgan fingerprint density at radius 2 is 2.08 bits per heavy atom. The number of nitrogens with zero attached hydrogens (tertiary/aromatic N) is 1. The number of nitrogens with one attached hydrogen (secondary N) is 1. The first-order valence-electron chi connectivity index (χ1n) is 9.66. The Kier molecular flexibility index (Phi) is 4.85. The van der Waals surface area contributed by atoms with Gasteiger partial charge in [-0.25, -0.2) is 4.79 Å². The van der Waals surface area contributed by atoms with Crippen LogP contribution in [0.5, 0.6) is 0 Å². The molecule has 140 valence electrons. The molecular formula is C20H26N2O4. The average Bonchev–Trinajstić information content (AvgIpc) is 3.27. The number of carbonyl (C=O) groups excluding carboxylic acids is 2. The van der Waals surface area contributed by atoms with E-state index in [1.54, 1.807) is 23.1 Å². The number of anilines is 1. The number of amides is 2.